The fourth-order valence-electron chi connectivity index (χ4n) is 3.60. The van der Waals surface area contributed by atoms with Crippen LogP contribution < -0.4 is 0 Å². The fraction of sp³-hybridized carbons (Fsp3) is 0.381. The first kappa shape index (κ1) is 21.0. The number of aryl methyl sites for hydroxylation is 2. The van der Waals surface area contributed by atoms with Gasteiger partial charge in [0.15, 0.2) is 9.84 Å². The van der Waals surface area contributed by atoms with E-state index in [1.165, 1.54) is 22.6 Å². The van der Waals surface area contributed by atoms with Crippen molar-refractivity contribution in [3.63, 3.8) is 0 Å². The average Bonchev–Trinajstić information content (AvgIpc) is 3.19. The van der Waals surface area contributed by atoms with E-state index in [2.05, 4.69) is 0 Å². The number of nitro groups is 1. The highest BCUT2D eigenvalue weighted by molar-refractivity contribution is 7.91. The first-order chi connectivity index (χ1) is 13.7. The van der Waals surface area contributed by atoms with Gasteiger partial charge in [0, 0.05) is 25.6 Å². The van der Waals surface area contributed by atoms with Gasteiger partial charge >= 0.3 is 0 Å². The lowest BCUT2D eigenvalue weighted by molar-refractivity contribution is -0.384. The van der Waals surface area contributed by atoms with Crippen LogP contribution in [0.4, 0.5) is 5.69 Å². The molecule has 7 nitrogen and oxygen atoms in total. The number of carbonyl (C=O) groups is 1. The summed E-state index contributed by atoms with van der Waals surface area (Å²) in [7, 11) is -1.98. The Labute approximate surface area is 170 Å². The van der Waals surface area contributed by atoms with Crippen LogP contribution in [0.5, 0.6) is 0 Å². The summed E-state index contributed by atoms with van der Waals surface area (Å²) < 4.78 is 25.3. The molecule has 1 unspecified atom stereocenters. The van der Waals surface area contributed by atoms with E-state index in [4.69, 9.17) is 0 Å². The number of carbonyl (C=O) groups excluding carboxylic acids is 1. The Morgan fingerprint density at radius 2 is 1.90 bits per heavy atom. The molecule has 0 saturated heterocycles. The van der Waals surface area contributed by atoms with Gasteiger partial charge in [-0.1, -0.05) is 18.2 Å². The summed E-state index contributed by atoms with van der Waals surface area (Å²) in [5, 5.41) is 11.0. The Morgan fingerprint density at radius 3 is 2.62 bits per heavy atom. The van der Waals surface area contributed by atoms with Crippen LogP contribution in [0.3, 0.4) is 0 Å². The predicted octanol–water partition coefficient (Wildman–Crippen LogP) is 3.47. The SMILES string of the molecule is CC(c1cccc([N+](=O)[O-])c1)N(C)C(=O)CCS(=O)(=O)c1ccc2c(c1)CCC2. The van der Waals surface area contributed by atoms with E-state index < -0.39 is 20.8 Å². The van der Waals surface area contributed by atoms with E-state index in [1.54, 1.807) is 38.2 Å². The van der Waals surface area contributed by atoms with E-state index >= 15 is 0 Å². The molecule has 1 aliphatic rings. The van der Waals surface area contributed by atoms with Gasteiger partial charge in [0.1, 0.15) is 0 Å². The summed E-state index contributed by atoms with van der Waals surface area (Å²) in [5.41, 5.74) is 2.85. The second-order valence-corrected chi connectivity index (χ2v) is 9.49. The third kappa shape index (κ3) is 4.64. The van der Waals surface area contributed by atoms with Crippen molar-refractivity contribution in [3.8, 4) is 0 Å². The third-order valence-electron chi connectivity index (χ3n) is 5.55. The maximum Gasteiger partial charge on any atom is 0.269 e. The largest absolute Gasteiger partial charge is 0.339 e. The molecule has 0 fully saturated rings. The summed E-state index contributed by atoms with van der Waals surface area (Å²) in [4.78, 5) is 24.7. The highest BCUT2D eigenvalue weighted by Crippen LogP contribution is 2.26. The molecular formula is C21H24N2O5S. The molecule has 1 amide bonds. The van der Waals surface area contributed by atoms with Crippen LogP contribution in [0.15, 0.2) is 47.4 Å². The van der Waals surface area contributed by atoms with Crippen molar-refractivity contribution >= 4 is 21.4 Å². The van der Waals surface area contributed by atoms with Crippen LogP contribution >= 0.6 is 0 Å². The van der Waals surface area contributed by atoms with E-state index in [0.717, 1.165) is 24.8 Å². The van der Waals surface area contributed by atoms with Crippen molar-refractivity contribution in [2.45, 2.75) is 43.5 Å². The molecule has 154 valence electrons. The fourth-order valence-corrected chi connectivity index (χ4v) is 4.87. The lowest BCUT2D eigenvalue weighted by Gasteiger charge is -2.25. The van der Waals surface area contributed by atoms with Crippen LogP contribution in [0.2, 0.25) is 0 Å². The molecule has 1 aliphatic carbocycles. The molecule has 1 atom stereocenters. The molecule has 0 N–H and O–H groups in total. The molecule has 3 rings (SSSR count). The van der Waals surface area contributed by atoms with Gasteiger partial charge in [-0.25, -0.2) is 8.42 Å². The quantitative estimate of drug-likeness (QED) is 0.508. The molecule has 0 aromatic heterocycles. The molecule has 0 saturated carbocycles. The number of sulfone groups is 1. The van der Waals surface area contributed by atoms with E-state index in [1.807, 2.05) is 6.07 Å². The average molecular weight is 416 g/mol. The Morgan fingerprint density at radius 1 is 1.17 bits per heavy atom. The highest BCUT2D eigenvalue weighted by atomic mass is 32.2. The van der Waals surface area contributed by atoms with Crippen molar-refractivity contribution in [3.05, 3.63) is 69.3 Å². The van der Waals surface area contributed by atoms with Crippen LogP contribution in [-0.2, 0) is 27.5 Å². The van der Waals surface area contributed by atoms with E-state index in [-0.39, 0.29) is 28.7 Å². The first-order valence-corrected chi connectivity index (χ1v) is 11.2. The molecule has 8 heteroatoms. The van der Waals surface area contributed by atoms with Gasteiger partial charge in [-0.3, -0.25) is 14.9 Å². The molecule has 0 aliphatic heterocycles. The summed E-state index contributed by atoms with van der Waals surface area (Å²) >= 11 is 0. The Hall–Kier alpha value is -2.74. The number of amides is 1. The van der Waals surface area contributed by atoms with Gasteiger partial charge in [0.2, 0.25) is 5.91 Å². The van der Waals surface area contributed by atoms with Crippen LogP contribution in [-0.4, -0.2) is 36.9 Å². The van der Waals surface area contributed by atoms with Crippen molar-refractivity contribution < 1.29 is 18.1 Å². The standard InChI is InChI=1S/C21H24N2O5S/c1-15(17-6-4-8-19(13-17)23(25)26)22(2)21(24)11-12-29(27,28)20-10-9-16-5-3-7-18(16)14-20/h4,6,8-10,13-15H,3,5,7,11-12H2,1-2H3. The van der Waals surface area contributed by atoms with Gasteiger partial charge in [-0.15, -0.1) is 0 Å². The minimum absolute atomic E-state index is 0.0469. The van der Waals surface area contributed by atoms with E-state index in [0.29, 0.717) is 5.56 Å². The monoisotopic (exact) mass is 416 g/mol. The molecule has 0 spiro atoms. The number of non-ortho nitro benzene ring substituents is 1. The second-order valence-electron chi connectivity index (χ2n) is 7.39. The highest BCUT2D eigenvalue weighted by Gasteiger charge is 2.23. The number of rotatable bonds is 7. The third-order valence-corrected chi connectivity index (χ3v) is 7.27. The Bertz CT molecular complexity index is 1050. The second kappa shape index (κ2) is 8.32. The van der Waals surface area contributed by atoms with Gasteiger partial charge < -0.3 is 4.90 Å². The van der Waals surface area contributed by atoms with Crippen molar-refractivity contribution in [1.29, 1.82) is 0 Å². The normalized spacial score (nSPS) is 14.3. The molecule has 2 aromatic rings. The Balaban J connectivity index is 1.66. The number of nitrogens with zero attached hydrogens (tertiary/aromatic N) is 2. The number of hydrogen-bond acceptors (Lipinski definition) is 5. The smallest absolute Gasteiger partial charge is 0.269 e. The minimum Gasteiger partial charge on any atom is -0.339 e. The van der Waals surface area contributed by atoms with Gasteiger partial charge in [-0.2, -0.15) is 0 Å². The van der Waals surface area contributed by atoms with Crippen molar-refractivity contribution in [2.75, 3.05) is 12.8 Å². The first-order valence-electron chi connectivity index (χ1n) is 9.53. The minimum atomic E-state index is -3.56. The van der Waals surface area contributed by atoms with Crippen molar-refractivity contribution in [1.82, 2.24) is 4.90 Å². The maximum atomic E-state index is 12.7. The maximum absolute atomic E-state index is 12.7. The zero-order valence-corrected chi connectivity index (χ0v) is 17.3. The molecule has 29 heavy (non-hydrogen) atoms. The van der Waals surface area contributed by atoms with Gasteiger partial charge in [0.05, 0.1) is 21.6 Å². The van der Waals surface area contributed by atoms with Gasteiger partial charge in [0.25, 0.3) is 5.69 Å². The van der Waals surface area contributed by atoms with Crippen LogP contribution in [0.1, 0.15) is 42.5 Å². The molecule has 2 aromatic carbocycles. The molecule has 0 radical (unpaired) electrons. The zero-order valence-electron chi connectivity index (χ0n) is 16.5. The lowest BCUT2D eigenvalue weighted by atomic mass is 10.1. The van der Waals surface area contributed by atoms with Crippen LogP contribution in [0.25, 0.3) is 0 Å². The molecular weight excluding hydrogens is 392 g/mol. The summed E-state index contributed by atoms with van der Waals surface area (Å²) in [6, 6.07) is 10.9. The topological polar surface area (TPSA) is 97.6 Å². The number of benzene rings is 2. The van der Waals surface area contributed by atoms with Crippen molar-refractivity contribution in [2.24, 2.45) is 0 Å². The predicted molar refractivity (Wildman–Crippen MR) is 109 cm³/mol. The number of fused-ring (bicyclic) bond motifs is 1. The summed E-state index contributed by atoms with van der Waals surface area (Å²) in [6.07, 6.45) is 2.77. The zero-order chi connectivity index (χ0) is 21.2. The lowest BCUT2D eigenvalue weighted by Crippen LogP contribution is -2.31. The summed E-state index contributed by atoms with van der Waals surface area (Å²) in [6.45, 7) is 1.76. The number of hydrogen-bond donors (Lipinski definition) is 0. The number of nitro benzene ring substituents is 1. The molecule has 0 bridgehead atoms. The van der Waals surface area contributed by atoms with Gasteiger partial charge in [-0.05, 0) is 55.0 Å². The molecule has 0 heterocycles. The summed E-state index contributed by atoms with van der Waals surface area (Å²) in [5.74, 6) is -0.592. The van der Waals surface area contributed by atoms with E-state index in [9.17, 15) is 23.3 Å². The Kier molecular flexibility index (Phi) is 6.02. The van der Waals surface area contributed by atoms with Crippen LogP contribution in [0, 0.1) is 10.1 Å².